The van der Waals surface area contributed by atoms with Crippen LogP contribution in [0.4, 0.5) is 13.2 Å². The number of ether oxygens (including phenoxy) is 1. The molecule has 2 N–H and O–H groups in total. The number of rotatable bonds is 0. The van der Waals surface area contributed by atoms with Crippen LogP contribution in [-0.2, 0) is 15.9 Å². The molecule has 1 aromatic rings. The van der Waals surface area contributed by atoms with Crippen LogP contribution in [0, 0.1) is 0 Å². The van der Waals surface area contributed by atoms with Gasteiger partial charge in [-0.25, -0.2) is 0 Å². The van der Waals surface area contributed by atoms with Gasteiger partial charge in [0.25, 0.3) is 0 Å². The monoisotopic (exact) mass is 341 g/mol. The van der Waals surface area contributed by atoms with Gasteiger partial charge >= 0.3 is 6.18 Å². The highest BCUT2D eigenvalue weighted by atomic mass is 35.5. The maximum atomic E-state index is 13.3. The van der Waals surface area contributed by atoms with Crippen LogP contribution in [-0.4, -0.2) is 30.5 Å². The van der Waals surface area contributed by atoms with Crippen LogP contribution < -0.4 is 5.32 Å². The third-order valence-electron chi connectivity index (χ3n) is 4.25. The van der Waals surface area contributed by atoms with Crippen molar-refractivity contribution in [3.63, 3.8) is 0 Å². The van der Waals surface area contributed by atoms with Gasteiger partial charge in [0.05, 0.1) is 10.9 Å². The van der Waals surface area contributed by atoms with E-state index in [0.29, 0.717) is 24.3 Å². The molecule has 2 aliphatic rings. The second-order valence-corrected chi connectivity index (χ2v) is 7.43. The zero-order valence-corrected chi connectivity index (χ0v) is 12.8. The minimum Gasteiger partial charge on any atom is -0.375 e. The first-order valence-corrected chi connectivity index (χ1v) is 7.84. The zero-order chi connectivity index (χ0) is 15.5. The fourth-order valence-electron chi connectivity index (χ4n) is 3.15. The van der Waals surface area contributed by atoms with Gasteiger partial charge in [-0.2, -0.15) is 13.2 Å². The summed E-state index contributed by atoms with van der Waals surface area (Å²) in [4.78, 5) is 0.409. The van der Waals surface area contributed by atoms with Crippen LogP contribution in [0.2, 0.25) is 4.34 Å². The van der Waals surface area contributed by atoms with E-state index in [1.54, 1.807) is 0 Å². The number of fused-ring (bicyclic) bond motifs is 2. The van der Waals surface area contributed by atoms with E-state index in [0.717, 1.165) is 11.3 Å². The molecular formula is C13H15ClF3NO2S. The number of hydrogen-bond acceptors (Lipinski definition) is 4. The molecule has 3 rings (SSSR count). The van der Waals surface area contributed by atoms with Crippen molar-refractivity contribution < 1.29 is 23.0 Å². The molecule has 118 valence electrons. The maximum absolute atomic E-state index is 13.3. The Morgan fingerprint density at radius 1 is 1.52 bits per heavy atom. The SMILES string of the molecule is C[C@H]1C[C@]2(CCN1)OCC(O)(C(F)(F)F)c1cc(Cl)sc12. The number of hydrogen-bond donors (Lipinski definition) is 2. The quantitative estimate of drug-likeness (QED) is 0.761. The van der Waals surface area contributed by atoms with Crippen LogP contribution in [0.3, 0.4) is 0 Å². The van der Waals surface area contributed by atoms with Crippen molar-refractivity contribution in [2.45, 2.75) is 43.2 Å². The molecule has 0 radical (unpaired) electrons. The van der Waals surface area contributed by atoms with Crippen molar-refractivity contribution in [3.05, 3.63) is 20.8 Å². The standard InChI is InChI=1S/C13H15ClF3NO2S/c1-7-5-11(2-3-18-7)10-8(4-9(14)21-10)12(19,6-20-11)13(15,16)17/h4,7,18-19H,2-3,5-6H2,1H3/t7-,11-,12?/m0/s1. The summed E-state index contributed by atoms with van der Waals surface area (Å²) >= 11 is 7.00. The number of nitrogens with one attached hydrogen (secondary N) is 1. The third-order valence-corrected chi connectivity index (χ3v) is 5.69. The third kappa shape index (κ3) is 2.30. The molecule has 1 aromatic heterocycles. The Morgan fingerprint density at radius 3 is 2.86 bits per heavy atom. The van der Waals surface area contributed by atoms with Crippen LogP contribution in [0.15, 0.2) is 6.07 Å². The van der Waals surface area contributed by atoms with Crippen LogP contribution in [0.5, 0.6) is 0 Å². The predicted octanol–water partition coefficient (Wildman–Crippen LogP) is 3.15. The Morgan fingerprint density at radius 2 is 2.24 bits per heavy atom. The fourth-order valence-corrected chi connectivity index (χ4v) is 4.63. The molecule has 0 aromatic carbocycles. The summed E-state index contributed by atoms with van der Waals surface area (Å²) in [5.41, 5.74) is -3.91. The van der Waals surface area contributed by atoms with E-state index < -0.39 is 24.0 Å². The first kappa shape index (κ1) is 15.6. The Bertz CT molecular complexity index is 564. The minimum atomic E-state index is -4.80. The van der Waals surface area contributed by atoms with E-state index >= 15 is 0 Å². The Labute approximate surface area is 129 Å². The Balaban J connectivity index is 2.12. The lowest BCUT2D eigenvalue weighted by Crippen LogP contribution is -2.56. The smallest absolute Gasteiger partial charge is 0.375 e. The largest absolute Gasteiger partial charge is 0.423 e. The molecule has 1 spiro atoms. The lowest BCUT2D eigenvalue weighted by atomic mass is 9.79. The van der Waals surface area contributed by atoms with Gasteiger partial charge < -0.3 is 15.2 Å². The second kappa shape index (κ2) is 4.83. The molecule has 21 heavy (non-hydrogen) atoms. The lowest BCUT2D eigenvalue weighted by Gasteiger charge is -2.47. The number of piperidine rings is 1. The molecule has 1 fully saturated rings. The molecule has 0 aliphatic carbocycles. The van der Waals surface area contributed by atoms with Gasteiger partial charge in [-0.1, -0.05) is 11.6 Å². The van der Waals surface area contributed by atoms with Crippen molar-refractivity contribution in [2.24, 2.45) is 0 Å². The topological polar surface area (TPSA) is 41.5 Å². The van der Waals surface area contributed by atoms with Gasteiger partial charge in [0.2, 0.25) is 5.60 Å². The Kier molecular flexibility index (Phi) is 3.57. The van der Waals surface area contributed by atoms with E-state index in [9.17, 15) is 18.3 Å². The van der Waals surface area contributed by atoms with Crippen LogP contribution >= 0.6 is 22.9 Å². The van der Waals surface area contributed by atoms with Gasteiger partial charge in [-0.15, -0.1) is 11.3 Å². The molecule has 1 unspecified atom stereocenters. The first-order valence-electron chi connectivity index (χ1n) is 6.65. The predicted molar refractivity (Wildman–Crippen MR) is 73.6 cm³/mol. The minimum absolute atomic E-state index is 0.129. The summed E-state index contributed by atoms with van der Waals surface area (Å²) in [6.45, 7) is 1.83. The Hall–Kier alpha value is -0.340. The highest BCUT2D eigenvalue weighted by Crippen LogP contribution is 2.54. The number of thiophene rings is 1. The van der Waals surface area contributed by atoms with Crippen molar-refractivity contribution >= 4 is 22.9 Å². The fraction of sp³-hybridized carbons (Fsp3) is 0.692. The molecular weight excluding hydrogens is 327 g/mol. The number of alkyl halides is 3. The first-order chi connectivity index (χ1) is 9.68. The highest BCUT2D eigenvalue weighted by molar-refractivity contribution is 7.16. The van der Waals surface area contributed by atoms with Crippen molar-refractivity contribution in [1.82, 2.24) is 5.32 Å². The molecule has 0 amide bonds. The van der Waals surface area contributed by atoms with Crippen molar-refractivity contribution in [3.8, 4) is 0 Å². The number of aliphatic hydroxyl groups is 1. The molecule has 3 nitrogen and oxygen atoms in total. The van der Waals surface area contributed by atoms with Crippen molar-refractivity contribution in [2.75, 3.05) is 13.2 Å². The van der Waals surface area contributed by atoms with E-state index in [-0.39, 0.29) is 15.9 Å². The molecule has 0 bridgehead atoms. The van der Waals surface area contributed by atoms with Gasteiger partial charge in [0, 0.05) is 16.5 Å². The molecule has 2 aliphatic heterocycles. The second-order valence-electron chi connectivity index (χ2n) is 5.74. The lowest BCUT2D eigenvalue weighted by molar-refractivity contribution is -0.302. The van der Waals surface area contributed by atoms with E-state index in [4.69, 9.17) is 16.3 Å². The molecule has 8 heteroatoms. The summed E-state index contributed by atoms with van der Waals surface area (Å²) in [6.07, 6.45) is -3.67. The average molecular weight is 342 g/mol. The van der Waals surface area contributed by atoms with Gasteiger partial charge in [-0.3, -0.25) is 0 Å². The summed E-state index contributed by atoms with van der Waals surface area (Å²) in [7, 11) is 0. The molecule has 0 saturated carbocycles. The molecule has 3 heterocycles. The molecule has 3 atom stereocenters. The van der Waals surface area contributed by atoms with E-state index in [2.05, 4.69) is 5.32 Å². The van der Waals surface area contributed by atoms with Crippen LogP contribution in [0.25, 0.3) is 0 Å². The van der Waals surface area contributed by atoms with Gasteiger partial charge in [-0.05, 0) is 32.4 Å². The van der Waals surface area contributed by atoms with E-state index in [1.165, 1.54) is 6.07 Å². The summed E-state index contributed by atoms with van der Waals surface area (Å²) in [5.74, 6) is 0. The average Bonchev–Trinajstić information content (AvgIpc) is 2.77. The van der Waals surface area contributed by atoms with Crippen LogP contribution in [0.1, 0.15) is 30.2 Å². The summed E-state index contributed by atoms with van der Waals surface area (Å²) < 4.78 is 45.6. The van der Waals surface area contributed by atoms with E-state index in [1.807, 2.05) is 6.92 Å². The zero-order valence-electron chi connectivity index (χ0n) is 11.3. The molecule has 1 saturated heterocycles. The van der Waals surface area contributed by atoms with Gasteiger partial charge in [0.1, 0.15) is 5.60 Å². The summed E-state index contributed by atoms with van der Waals surface area (Å²) in [5, 5.41) is 13.4. The number of halogens is 4. The normalized spacial score (nSPS) is 36.8. The van der Waals surface area contributed by atoms with Gasteiger partial charge in [0.15, 0.2) is 0 Å². The van der Waals surface area contributed by atoms with Crippen molar-refractivity contribution in [1.29, 1.82) is 0 Å². The maximum Gasteiger partial charge on any atom is 0.423 e. The highest BCUT2D eigenvalue weighted by Gasteiger charge is 2.62. The summed E-state index contributed by atoms with van der Waals surface area (Å²) in [6, 6.07) is 1.36.